The average molecular weight is 538 g/mol. The van der Waals surface area contributed by atoms with E-state index in [1.54, 1.807) is 13.0 Å². The fourth-order valence-corrected chi connectivity index (χ4v) is 5.47. The standard InChI is InChI=1S/C30H33F2N3O4/c1-16-19(9-10-22-26(16)33-12-14-38-22)24-20-11-13-35(15-18-7-6-8-21(31)25(18)32)28(20)34-17(2)23(24)27(29(36)37)39-30(3,4)5/h6-10,27,33H,11-15H2,1-5H3,(H,36,37)/t27-/m0/s1. The van der Waals surface area contributed by atoms with Crippen molar-refractivity contribution in [1.29, 1.82) is 0 Å². The molecule has 0 saturated carbocycles. The highest BCUT2D eigenvalue weighted by Gasteiger charge is 2.36. The number of nitrogens with one attached hydrogen (secondary N) is 1. The van der Waals surface area contributed by atoms with Gasteiger partial charge in [-0.25, -0.2) is 18.6 Å². The molecule has 0 radical (unpaired) electrons. The maximum absolute atomic E-state index is 14.6. The van der Waals surface area contributed by atoms with Crippen molar-refractivity contribution in [1.82, 2.24) is 4.98 Å². The van der Waals surface area contributed by atoms with Gasteiger partial charge in [0.05, 0.1) is 11.3 Å². The lowest BCUT2D eigenvalue weighted by Gasteiger charge is -2.30. The van der Waals surface area contributed by atoms with Crippen molar-refractivity contribution in [3.63, 3.8) is 0 Å². The Kier molecular flexibility index (Phi) is 6.97. The lowest BCUT2D eigenvalue weighted by Crippen LogP contribution is -2.29. The van der Waals surface area contributed by atoms with E-state index in [0.717, 1.165) is 39.8 Å². The molecular formula is C30H33F2N3O4. The van der Waals surface area contributed by atoms with Crippen molar-refractivity contribution < 1.29 is 28.2 Å². The minimum absolute atomic E-state index is 0.140. The molecule has 2 aromatic carbocycles. The highest BCUT2D eigenvalue weighted by atomic mass is 19.2. The van der Waals surface area contributed by atoms with E-state index in [1.807, 2.05) is 44.7 Å². The molecule has 0 fully saturated rings. The summed E-state index contributed by atoms with van der Waals surface area (Å²) in [6.45, 7) is 11.1. The third-order valence-electron chi connectivity index (χ3n) is 7.14. The summed E-state index contributed by atoms with van der Waals surface area (Å²) in [5.74, 6) is -1.49. The third kappa shape index (κ3) is 5.03. The van der Waals surface area contributed by atoms with Crippen LogP contribution < -0.4 is 15.0 Å². The molecule has 9 heteroatoms. The zero-order valence-corrected chi connectivity index (χ0v) is 22.8. The first-order chi connectivity index (χ1) is 18.5. The number of ether oxygens (including phenoxy) is 2. The van der Waals surface area contributed by atoms with Crippen molar-refractivity contribution in [2.45, 2.75) is 59.3 Å². The molecule has 2 aliphatic rings. The van der Waals surface area contributed by atoms with Gasteiger partial charge >= 0.3 is 5.97 Å². The molecule has 0 unspecified atom stereocenters. The van der Waals surface area contributed by atoms with E-state index in [0.29, 0.717) is 43.2 Å². The van der Waals surface area contributed by atoms with Gasteiger partial charge in [0.15, 0.2) is 17.7 Å². The van der Waals surface area contributed by atoms with Crippen molar-refractivity contribution in [3.05, 3.63) is 69.9 Å². The van der Waals surface area contributed by atoms with Crippen LogP contribution in [0.5, 0.6) is 5.75 Å². The second-order valence-electron chi connectivity index (χ2n) is 11.0. The topological polar surface area (TPSA) is 83.9 Å². The Hall–Kier alpha value is -3.72. The summed E-state index contributed by atoms with van der Waals surface area (Å²) < 4.78 is 40.4. The molecule has 2 N–H and O–H groups in total. The largest absolute Gasteiger partial charge is 0.490 e. The molecule has 1 aromatic heterocycles. The Morgan fingerprint density at radius 1 is 1.23 bits per heavy atom. The Balaban J connectivity index is 1.72. The van der Waals surface area contributed by atoms with Crippen LogP contribution in [-0.2, 0) is 22.5 Å². The summed E-state index contributed by atoms with van der Waals surface area (Å²) in [7, 11) is 0. The van der Waals surface area contributed by atoms with Crippen LogP contribution in [0.15, 0.2) is 30.3 Å². The second-order valence-corrected chi connectivity index (χ2v) is 11.0. The van der Waals surface area contributed by atoms with Crippen molar-refractivity contribution in [2.24, 2.45) is 0 Å². The summed E-state index contributed by atoms with van der Waals surface area (Å²) in [6.07, 6.45) is -0.698. The van der Waals surface area contributed by atoms with Crippen LogP contribution in [0.2, 0.25) is 0 Å². The molecule has 3 heterocycles. The first-order valence-electron chi connectivity index (χ1n) is 13.1. The molecule has 0 saturated heterocycles. The van der Waals surface area contributed by atoms with E-state index in [-0.39, 0.29) is 12.1 Å². The number of fused-ring (bicyclic) bond motifs is 2. The number of aliphatic carboxylic acids is 1. The minimum Gasteiger partial charge on any atom is -0.490 e. The monoisotopic (exact) mass is 537 g/mol. The summed E-state index contributed by atoms with van der Waals surface area (Å²) in [4.78, 5) is 19.4. The van der Waals surface area contributed by atoms with Gasteiger partial charge in [-0.05, 0) is 69.9 Å². The van der Waals surface area contributed by atoms with Crippen LogP contribution >= 0.6 is 0 Å². The van der Waals surface area contributed by atoms with E-state index in [2.05, 4.69) is 5.32 Å². The zero-order chi connectivity index (χ0) is 28.1. The molecule has 39 heavy (non-hydrogen) atoms. The Bertz CT molecular complexity index is 1450. The average Bonchev–Trinajstić information content (AvgIpc) is 3.26. The molecular weight excluding hydrogens is 504 g/mol. The quantitative estimate of drug-likeness (QED) is 0.402. The number of anilines is 2. The number of hydrogen-bond acceptors (Lipinski definition) is 6. The maximum Gasteiger partial charge on any atom is 0.337 e. The highest BCUT2D eigenvalue weighted by Crippen LogP contribution is 2.46. The van der Waals surface area contributed by atoms with Gasteiger partial charge in [0, 0.05) is 42.0 Å². The van der Waals surface area contributed by atoms with Gasteiger partial charge in [-0.3, -0.25) is 0 Å². The second kappa shape index (κ2) is 10.1. The fraction of sp³-hybridized carbons (Fsp3) is 0.400. The molecule has 7 nitrogen and oxygen atoms in total. The van der Waals surface area contributed by atoms with Gasteiger partial charge in [-0.2, -0.15) is 0 Å². The number of rotatable bonds is 6. The molecule has 0 aliphatic carbocycles. The summed E-state index contributed by atoms with van der Waals surface area (Å²) in [6, 6.07) is 8.00. The number of aryl methyl sites for hydroxylation is 1. The fourth-order valence-electron chi connectivity index (χ4n) is 5.47. The summed E-state index contributed by atoms with van der Waals surface area (Å²) >= 11 is 0. The number of carboxylic acid groups (broad SMARTS) is 1. The van der Waals surface area contributed by atoms with Crippen LogP contribution in [0.3, 0.4) is 0 Å². The maximum atomic E-state index is 14.6. The van der Waals surface area contributed by atoms with Crippen LogP contribution in [0.4, 0.5) is 20.3 Å². The van der Waals surface area contributed by atoms with Crippen LogP contribution in [0.25, 0.3) is 11.1 Å². The molecule has 206 valence electrons. The lowest BCUT2D eigenvalue weighted by molar-refractivity contribution is -0.160. The number of aromatic nitrogens is 1. The van der Waals surface area contributed by atoms with Gasteiger partial charge in [0.1, 0.15) is 18.2 Å². The van der Waals surface area contributed by atoms with E-state index >= 15 is 0 Å². The summed E-state index contributed by atoms with van der Waals surface area (Å²) in [5, 5.41) is 13.7. The van der Waals surface area contributed by atoms with Crippen LogP contribution in [0, 0.1) is 25.5 Å². The van der Waals surface area contributed by atoms with Crippen molar-refractivity contribution >= 4 is 17.5 Å². The zero-order valence-electron chi connectivity index (χ0n) is 22.8. The molecule has 2 aliphatic heterocycles. The molecule has 3 aromatic rings. The number of benzene rings is 2. The molecule has 0 bridgehead atoms. The van der Waals surface area contributed by atoms with Crippen LogP contribution in [0.1, 0.15) is 54.8 Å². The molecule has 1 atom stereocenters. The predicted molar refractivity (Wildman–Crippen MR) is 145 cm³/mol. The van der Waals surface area contributed by atoms with Crippen molar-refractivity contribution in [3.8, 4) is 16.9 Å². The van der Waals surface area contributed by atoms with Crippen LogP contribution in [-0.4, -0.2) is 41.4 Å². The third-order valence-corrected chi connectivity index (χ3v) is 7.14. The Morgan fingerprint density at radius 2 is 2.00 bits per heavy atom. The lowest BCUT2D eigenvalue weighted by atomic mass is 9.87. The van der Waals surface area contributed by atoms with Gasteiger partial charge in [0.2, 0.25) is 0 Å². The Morgan fingerprint density at radius 3 is 2.72 bits per heavy atom. The number of carboxylic acids is 1. The molecule has 0 spiro atoms. The molecule has 0 amide bonds. The smallest absolute Gasteiger partial charge is 0.337 e. The first-order valence-corrected chi connectivity index (χ1v) is 13.1. The van der Waals surface area contributed by atoms with Gasteiger partial charge in [0.25, 0.3) is 0 Å². The number of halogens is 2. The Labute approximate surface area is 226 Å². The van der Waals surface area contributed by atoms with Crippen molar-refractivity contribution in [2.75, 3.05) is 29.9 Å². The van der Waals surface area contributed by atoms with E-state index in [4.69, 9.17) is 14.5 Å². The van der Waals surface area contributed by atoms with E-state index < -0.39 is 29.3 Å². The number of hydrogen-bond donors (Lipinski definition) is 2. The van der Waals surface area contributed by atoms with Gasteiger partial charge < -0.3 is 24.8 Å². The van der Waals surface area contributed by atoms with Gasteiger partial charge in [-0.15, -0.1) is 0 Å². The minimum atomic E-state index is -1.26. The first kappa shape index (κ1) is 26.9. The normalized spacial score (nSPS) is 15.3. The highest BCUT2D eigenvalue weighted by molar-refractivity contribution is 5.88. The van der Waals surface area contributed by atoms with E-state index in [9.17, 15) is 18.7 Å². The SMILES string of the molecule is Cc1nc2c(c(-c3ccc4c(c3C)NCCO4)c1[C@H](OC(C)(C)C)C(=O)O)CCN2Cc1cccc(F)c1F. The van der Waals surface area contributed by atoms with Gasteiger partial charge in [-0.1, -0.05) is 18.2 Å². The molecule has 5 rings (SSSR count). The predicted octanol–water partition coefficient (Wildman–Crippen LogP) is 5.95. The number of carbonyl (C=O) groups is 1. The summed E-state index contributed by atoms with van der Waals surface area (Å²) in [5.41, 5.74) is 4.77. The number of pyridine rings is 1. The number of nitrogens with zero attached hydrogens (tertiary/aromatic N) is 2. The van der Waals surface area contributed by atoms with E-state index in [1.165, 1.54) is 6.07 Å².